The minimum atomic E-state index is -2.54. The third kappa shape index (κ3) is 11.5. The predicted molar refractivity (Wildman–Crippen MR) is 198 cm³/mol. The van der Waals surface area contributed by atoms with Gasteiger partial charge < -0.3 is 20.5 Å². The first-order chi connectivity index (χ1) is 23.4. The van der Waals surface area contributed by atoms with Crippen molar-refractivity contribution in [3.8, 4) is 5.75 Å². The van der Waals surface area contributed by atoms with Crippen molar-refractivity contribution in [1.29, 1.82) is 0 Å². The summed E-state index contributed by atoms with van der Waals surface area (Å²) in [6, 6.07) is 23.8. The highest BCUT2D eigenvalue weighted by Crippen LogP contribution is 2.31. The van der Waals surface area contributed by atoms with Crippen molar-refractivity contribution in [2.75, 3.05) is 47.5 Å². The second-order valence-corrected chi connectivity index (χ2v) is 14.4. The second-order valence-electron chi connectivity index (χ2n) is 14.4. The number of hydrogen-bond acceptors (Lipinski definition) is 8. The van der Waals surface area contributed by atoms with E-state index in [4.69, 9.17) is 4.74 Å². The van der Waals surface area contributed by atoms with E-state index in [1.807, 2.05) is 102 Å². The second kappa shape index (κ2) is 16.2. The van der Waals surface area contributed by atoms with Crippen LogP contribution in [0.1, 0.15) is 66.2 Å². The minimum absolute atomic E-state index is 0.0931. The van der Waals surface area contributed by atoms with Gasteiger partial charge in [-0.05, 0) is 122 Å². The molecule has 1 unspecified atom stereocenters. The maximum atomic E-state index is 13.5. The lowest BCUT2D eigenvalue weighted by Gasteiger charge is -2.33. The van der Waals surface area contributed by atoms with Crippen molar-refractivity contribution in [3.05, 3.63) is 96.3 Å². The predicted octanol–water partition coefficient (Wildman–Crippen LogP) is 10.5. The van der Waals surface area contributed by atoms with Crippen molar-refractivity contribution >= 4 is 28.4 Å². The average molecular weight is 672 g/mol. The molecule has 0 spiro atoms. The van der Waals surface area contributed by atoms with Gasteiger partial charge in [0.25, 0.3) is 5.92 Å². The molecule has 3 N–H and O–H groups in total. The molecule has 262 valence electrons. The molecule has 5 rings (SSSR count). The first kappa shape index (κ1) is 35.7. The maximum absolute atomic E-state index is 13.5. The third-order valence-corrected chi connectivity index (χ3v) is 8.74. The lowest BCUT2D eigenvalue weighted by Crippen LogP contribution is -2.39. The van der Waals surface area contributed by atoms with Crippen molar-refractivity contribution < 1.29 is 13.5 Å². The van der Waals surface area contributed by atoms with Crippen LogP contribution in [-0.2, 0) is 0 Å². The van der Waals surface area contributed by atoms with Crippen LogP contribution in [-0.4, -0.2) is 32.7 Å². The van der Waals surface area contributed by atoms with Gasteiger partial charge in [-0.15, -0.1) is 0 Å². The minimum Gasteiger partial charge on any atom is -0.494 e. The Morgan fingerprint density at radius 3 is 2.16 bits per heavy atom. The largest absolute Gasteiger partial charge is 0.494 e. The number of anilines is 4. The fourth-order valence-corrected chi connectivity index (χ4v) is 6.09. The summed E-state index contributed by atoms with van der Waals surface area (Å²) < 4.78 is 33.0. The van der Waals surface area contributed by atoms with Crippen molar-refractivity contribution in [2.24, 2.45) is 21.6 Å². The molecule has 0 bridgehead atoms. The zero-order valence-corrected chi connectivity index (χ0v) is 29.5. The molecule has 3 aromatic rings. The number of nitrogens with zero attached hydrogens (tertiary/aromatic N) is 4. The summed E-state index contributed by atoms with van der Waals surface area (Å²) in [5.74, 6) is -1.05. The first-order valence-corrected chi connectivity index (χ1v) is 17.3. The molecule has 10 heteroatoms. The van der Waals surface area contributed by atoms with Crippen molar-refractivity contribution in [2.45, 2.75) is 72.1 Å². The van der Waals surface area contributed by atoms with Gasteiger partial charge in [0.05, 0.1) is 35.1 Å². The highest BCUT2D eigenvalue weighted by atomic mass is 19.3. The number of azo groups is 1. The van der Waals surface area contributed by atoms with E-state index in [-0.39, 0.29) is 12.8 Å². The van der Waals surface area contributed by atoms with Gasteiger partial charge in [-0.1, -0.05) is 27.7 Å². The molecule has 1 aliphatic heterocycles. The van der Waals surface area contributed by atoms with E-state index in [0.717, 1.165) is 71.4 Å². The molecule has 0 amide bonds. The zero-order chi connectivity index (χ0) is 34.9. The SMILES string of the molecule is CC(CCOc1ccc(/N=N/C2=CC=C(NNc3ccc(NN(C)c4ccc(N5CCC(F)(F)CC5)cc4)cc3)CC2)cc1)CC(C)(C)C. The van der Waals surface area contributed by atoms with Gasteiger partial charge in [-0.2, -0.15) is 10.2 Å². The van der Waals surface area contributed by atoms with Gasteiger partial charge in [0.1, 0.15) is 5.75 Å². The molecule has 1 heterocycles. The van der Waals surface area contributed by atoms with Crippen molar-refractivity contribution in [1.82, 2.24) is 5.43 Å². The van der Waals surface area contributed by atoms with Crippen LogP contribution in [0.2, 0.25) is 0 Å². The Kier molecular flexibility index (Phi) is 11.8. The number of hydrogen-bond donors (Lipinski definition) is 3. The van der Waals surface area contributed by atoms with Crippen LogP contribution in [0, 0.1) is 11.3 Å². The number of nitrogens with one attached hydrogen (secondary N) is 3. The van der Waals surface area contributed by atoms with Crippen LogP contribution in [0.5, 0.6) is 5.75 Å². The lowest BCUT2D eigenvalue weighted by atomic mass is 9.84. The number of benzene rings is 3. The molecule has 49 heavy (non-hydrogen) atoms. The fraction of sp³-hybridized carbons (Fsp3) is 0.436. The normalized spacial score (nSPS) is 16.8. The maximum Gasteiger partial charge on any atom is 0.251 e. The van der Waals surface area contributed by atoms with Gasteiger partial charge >= 0.3 is 0 Å². The quantitative estimate of drug-likeness (QED) is 0.117. The van der Waals surface area contributed by atoms with Crippen LogP contribution in [0.15, 0.2) is 107 Å². The molecule has 8 nitrogen and oxygen atoms in total. The summed E-state index contributed by atoms with van der Waals surface area (Å²) in [6.07, 6.45) is 7.69. The first-order valence-electron chi connectivity index (χ1n) is 17.3. The van der Waals surface area contributed by atoms with E-state index in [1.165, 1.54) is 6.42 Å². The molecule has 3 aromatic carbocycles. The summed E-state index contributed by atoms with van der Waals surface area (Å²) in [4.78, 5) is 2.02. The molecule has 1 fully saturated rings. The standard InChI is InChI=1S/C39H51F2N7O/c1-29(28-38(2,3)4)22-27-49-37-20-14-33(15-21-37)45-43-31-8-6-30(7-9-31)42-44-32-10-12-34(13-11-32)46-47(5)35-16-18-36(19-17-35)48-25-23-39(40,41)24-26-48/h6,8,10-21,29,42,44,46H,7,9,22-28H2,1-5H3/b45-43+. The Hall–Kier alpha value is -4.60. The van der Waals surface area contributed by atoms with Gasteiger partial charge in [-0.25, -0.2) is 8.78 Å². The average Bonchev–Trinajstić information content (AvgIpc) is 3.07. The number of piperidine rings is 1. The molecule has 0 radical (unpaired) electrons. The number of allylic oxidation sites excluding steroid dienone is 4. The van der Waals surface area contributed by atoms with Gasteiger partial charge in [0.15, 0.2) is 0 Å². The fourth-order valence-electron chi connectivity index (χ4n) is 6.09. The molecule has 1 aliphatic carbocycles. The molecular weight excluding hydrogens is 620 g/mol. The van der Waals surface area contributed by atoms with Gasteiger partial charge in [0.2, 0.25) is 0 Å². The highest BCUT2D eigenvalue weighted by Gasteiger charge is 2.34. The Balaban J connectivity index is 1.02. The number of hydrazine groups is 2. The van der Waals surface area contributed by atoms with Crippen LogP contribution < -0.4 is 30.9 Å². The molecule has 2 aliphatic rings. The summed E-state index contributed by atoms with van der Waals surface area (Å²) in [7, 11) is 1.95. The summed E-state index contributed by atoms with van der Waals surface area (Å²) in [5.41, 5.74) is 16.9. The molecule has 0 aromatic heterocycles. The number of halogens is 2. The smallest absolute Gasteiger partial charge is 0.251 e. The molecule has 1 saturated heterocycles. The monoisotopic (exact) mass is 671 g/mol. The Morgan fingerprint density at radius 2 is 1.53 bits per heavy atom. The summed E-state index contributed by atoms with van der Waals surface area (Å²) >= 11 is 0. The lowest BCUT2D eigenvalue weighted by molar-refractivity contribution is -0.0220. The molecule has 0 saturated carbocycles. The highest BCUT2D eigenvalue weighted by molar-refractivity contribution is 5.61. The van der Waals surface area contributed by atoms with Crippen molar-refractivity contribution in [3.63, 3.8) is 0 Å². The Morgan fingerprint density at radius 1 is 0.857 bits per heavy atom. The summed E-state index contributed by atoms with van der Waals surface area (Å²) in [5, 5.41) is 10.8. The van der Waals surface area contributed by atoms with Crippen LogP contribution in [0.3, 0.4) is 0 Å². The van der Waals surface area contributed by atoms with E-state index >= 15 is 0 Å². The number of alkyl halides is 2. The van der Waals surface area contributed by atoms with Gasteiger partial charge in [-0.3, -0.25) is 10.4 Å². The number of ether oxygens (including phenoxy) is 1. The molecule has 1 atom stereocenters. The van der Waals surface area contributed by atoms with Gasteiger partial charge in [0, 0.05) is 44.4 Å². The van der Waals surface area contributed by atoms with Crippen LogP contribution in [0.4, 0.5) is 37.2 Å². The van der Waals surface area contributed by atoms with E-state index in [9.17, 15) is 8.78 Å². The molecular formula is C39H51F2N7O. The Labute approximate surface area is 290 Å². The topological polar surface area (TPSA) is 76.5 Å². The van der Waals surface area contributed by atoms with E-state index < -0.39 is 5.92 Å². The summed E-state index contributed by atoms with van der Waals surface area (Å²) in [6.45, 7) is 10.6. The van der Waals surface area contributed by atoms with Crippen LogP contribution >= 0.6 is 0 Å². The Bertz CT molecular complexity index is 1570. The zero-order valence-electron chi connectivity index (χ0n) is 29.5. The van der Waals surface area contributed by atoms with Crippen LogP contribution in [0.25, 0.3) is 0 Å². The number of rotatable bonds is 14. The third-order valence-electron chi connectivity index (χ3n) is 8.74. The van der Waals surface area contributed by atoms with E-state index in [1.54, 1.807) is 0 Å². The van der Waals surface area contributed by atoms with E-state index in [0.29, 0.717) is 24.4 Å². The van der Waals surface area contributed by atoms with E-state index in [2.05, 4.69) is 54.2 Å².